The fourth-order valence-corrected chi connectivity index (χ4v) is 3.65. The van der Waals surface area contributed by atoms with Gasteiger partial charge in [-0.3, -0.25) is 4.79 Å². The highest BCUT2D eigenvalue weighted by molar-refractivity contribution is 6.69. The first kappa shape index (κ1) is 14.4. The zero-order valence-corrected chi connectivity index (χ0v) is 12.7. The van der Waals surface area contributed by atoms with Crippen LogP contribution in [-0.4, -0.2) is 38.8 Å². The Labute approximate surface area is 106 Å². The summed E-state index contributed by atoms with van der Waals surface area (Å²) in [6, 6.07) is 0. The molecule has 0 aromatic heterocycles. The van der Waals surface area contributed by atoms with Crippen molar-refractivity contribution in [2.24, 2.45) is 0 Å². The third-order valence-electron chi connectivity index (χ3n) is 2.85. The lowest BCUT2D eigenvalue weighted by Gasteiger charge is -2.39. The largest absolute Gasteiger partial charge is 0.408 e. The minimum absolute atomic E-state index is 0.148. The first-order chi connectivity index (χ1) is 7.74. The van der Waals surface area contributed by atoms with Crippen molar-refractivity contribution in [2.75, 3.05) is 14.1 Å². The summed E-state index contributed by atoms with van der Waals surface area (Å²) in [5.41, 5.74) is -0.343. The highest BCUT2D eigenvalue weighted by Gasteiger charge is 2.36. The van der Waals surface area contributed by atoms with Crippen LogP contribution in [0.15, 0.2) is 12.2 Å². The Bertz CT molecular complexity index is 307. The van der Waals surface area contributed by atoms with Crippen molar-refractivity contribution in [3.05, 3.63) is 12.2 Å². The van der Waals surface area contributed by atoms with E-state index >= 15 is 0 Å². The summed E-state index contributed by atoms with van der Waals surface area (Å²) in [6.07, 6.45) is 7.94. The van der Waals surface area contributed by atoms with Crippen LogP contribution in [0.4, 0.5) is 0 Å². The highest BCUT2D eigenvalue weighted by atomic mass is 28.4. The Balaban J connectivity index is 2.83. The number of carbonyl (C=O) groups is 1. The average Bonchev–Trinajstić information content (AvgIpc) is 2.15. The van der Waals surface area contributed by atoms with Crippen LogP contribution < -0.4 is 0 Å². The lowest BCUT2D eigenvalue weighted by molar-refractivity contribution is -0.132. The van der Waals surface area contributed by atoms with Gasteiger partial charge in [-0.05, 0) is 38.9 Å². The molecule has 17 heavy (non-hydrogen) atoms. The molecule has 0 fully saturated rings. The van der Waals surface area contributed by atoms with Gasteiger partial charge in [0.25, 0.3) is 0 Å². The number of amides is 1. The SMILES string of the molecule is CN(C)C(=O)CC1(O[Si](C)(C)C)C=CCCC1. The van der Waals surface area contributed by atoms with Gasteiger partial charge >= 0.3 is 0 Å². The second-order valence-electron chi connectivity index (χ2n) is 6.04. The van der Waals surface area contributed by atoms with Gasteiger partial charge < -0.3 is 9.33 Å². The molecule has 0 aromatic rings. The normalized spacial score (nSPS) is 24.8. The minimum Gasteiger partial charge on any atom is -0.408 e. The maximum Gasteiger partial charge on any atom is 0.225 e. The quantitative estimate of drug-likeness (QED) is 0.571. The summed E-state index contributed by atoms with van der Waals surface area (Å²) >= 11 is 0. The van der Waals surface area contributed by atoms with E-state index < -0.39 is 8.32 Å². The molecule has 1 amide bonds. The second kappa shape index (κ2) is 5.36. The Morgan fingerprint density at radius 1 is 1.41 bits per heavy atom. The van der Waals surface area contributed by atoms with Crippen LogP contribution in [-0.2, 0) is 9.22 Å². The number of nitrogens with zero attached hydrogens (tertiary/aromatic N) is 1. The van der Waals surface area contributed by atoms with Crippen LogP contribution >= 0.6 is 0 Å². The summed E-state index contributed by atoms with van der Waals surface area (Å²) in [6.45, 7) is 6.53. The van der Waals surface area contributed by atoms with Gasteiger partial charge in [0, 0.05) is 14.1 Å². The third-order valence-corrected chi connectivity index (χ3v) is 3.87. The molecule has 0 aromatic carbocycles. The lowest BCUT2D eigenvalue weighted by atomic mass is 9.88. The molecule has 1 atom stereocenters. The zero-order valence-electron chi connectivity index (χ0n) is 11.7. The van der Waals surface area contributed by atoms with E-state index in [1.165, 1.54) is 0 Å². The first-order valence-electron chi connectivity index (χ1n) is 6.32. The third kappa shape index (κ3) is 4.64. The van der Waals surface area contributed by atoms with Gasteiger partial charge in [0.05, 0.1) is 12.0 Å². The molecule has 0 radical (unpaired) electrons. The number of hydrogen-bond acceptors (Lipinski definition) is 2. The van der Waals surface area contributed by atoms with E-state index in [9.17, 15) is 4.79 Å². The molecule has 4 heteroatoms. The molecular formula is C13H25NO2Si. The molecule has 1 rings (SSSR count). The highest BCUT2D eigenvalue weighted by Crippen LogP contribution is 2.33. The number of carbonyl (C=O) groups excluding carboxylic acids is 1. The number of hydrogen-bond donors (Lipinski definition) is 0. The van der Waals surface area contributed by atoms with Crippen molar-refractivity contribution >= 4 is 14.2 Å². The molecular weight excluding hydrogens is 230 g/mol. The van der Waals surface area contributed by atoms with E-state index in [0.29, 0.717) is 6.42 Å². The van der Waals surface area contributed by atoms with Gasteiger partial charge in [-0.2, -0.15) is 0 Å². The van der Waals surface area contributed by atoms with Crippen molar-refractivity contribution in [3.8, 4) is 0 Å². The van der Waals surface area contributed by atoms with Gasteiger partial charge in [0.1, 0.15) is 0 Å². The molecule has 1 aliphatic carbocycles. The summed E-state index contributed by atoms with van der Waals surface area (Å²) in [7, 11) is 1.96. The van der Waals surface area contributed by atoms with Crippen molar-refractivity contribution in [1.82, 2.24) is 4.90 Å². The van der Waals surface area contributed by atoms with E-state index in [-0.39, 0.29) is 11.5 Å². The van der Waals surface area contributed by atoms with Crippen LogP contribution in [0, 0.1) is 0 Å². The summed E-state index contributed by atoms with van der Waals surface area (Å²) in [5.74, 6) is 0.148. The van der Waals surface area contributed by atoms with Crippen LogP contribution in [0.5, 0.6) is 0 Å². The van der Waals surface area contributed by atoms with Crippen LogP contribution in [0.1, 0.15) is 25.7 Å². The predicted molar refractivity (Wildman–Crippen MR) is 73.5 cm³/mol. The molecule has 3 nitrogen and oxygen atoms in total. The molecule has 0 aliphatic heterocycles. The topological polar surface area (TPSA) is 29.5 Å². The minimum atomic E-state index is -1.64. The van der Waals surface area contributed by atoms with Gasteiger partial charge in [-0.15, -0.1) is 0 Å². The molecule has 0 heterocycles. The fourth-order valence-electron chi connectivity index (χ4n) is 2.19. The fraction of sp³-hybridized carbons (Fsp3) is 0.769. The summed E-state index contributed by atoms with van der Waals surface area (Å²) in [5, 5.41) is 0. The summed E-state index contributed by atoms with van der Waals surface area (Å²) in [4.78, 5) is 13.6. The standard InChI is InChI=1S/C13H25NO2Si/c1-14(2)12(15)11-13(16-17(3,4)5)9-7-6-8-10-13/h7,9H,6,8,10-11H2,1-5H3. The maximum absolute atomic E-state index is 11.9. The van der Waals surface area contributed by atoms with Gasteiger partial charge in [0.2, 0.25) is 5.91 Å². The monoisotopic (exact) mass is 255 g/mol. The van der Waals surface area contributed by atoms with Crippen LogP contribution in [0.2, 0.25) is 19.6 Å². The molecule has 0 saturated heterocycles. The predicted octanol–water partition coefficient (Wildman–Crippen LogP) is 2.80. The first-order valence-corrected chi connectivity index (χ1v) is 9.73. The molecule has 0 saturated carbocycles. The van der Waals surface area contributed by atoms with E-state index in [4.69, 9.17) is 4.43 Å². The Morgan fingerprint density at radius 3 is 2.47 bits per heavy atom. The van der Waals surface area contributed by atoms with E-state index in [1.807, 2.05) is 0 Å². The Hall–Kier alpha value is -0.613. The van der Waals surface area contributed by atoms with E-state index in [2.05, 4.69) is 31.8 Å². The second-order valence-corrected chi connectivity index (χ2v) is 10.5. The van der Waals surface area contributed by atoms with Crippen LogP contribution in [0.25, 0.3) is 0 Å². The molecule has 0 bridgehead atoms. The average molecular weight is 255 g/mol. The van der Waals surface area contributed by atoms with Crippen molar-refractivity contribution in [1.29, 1.82) is 0 Å². The van der Waals surface area contributed by atoms with Crippen molar-refractivity contribution in [3.63, 3.8) is 0 Å². The van der Waals surface area contributed by atoms with Gasteiger partial charge in [-0.25, -0.2) is 0 Å². The van der Waals surface area contributed by atoms with E-state index in [1.54, 1.807) is 19.0 Å². The molecule has 1 aliphatic rings. The maximum atomic E-state index is 11.9. The van der Waals surface area contributed by atoms with E-state index in [0.717, 1.165) is 19.3 Å². The molecule has 98 valence electrons. The molecule has 0 spiro atoms. The Morgan fingerprint density at radius 2 is 2.06 bits per heavy atom. The number of rotatable bonds is 4. The smallest absolute Gasteiger partial charge is 0.225 e. The lowest BCUT2D eigenvalue weighted by Crippen LogP contribution is -2.45. The zero-order chi connectivity index (χ0) is 13.1. The van der Waals surface area contributed by atoms with Crippen molar-refractivity contribution < 1.29 is 9.22 Å². The van der Waals surface area contributed by atoms with Gasteiger partial charge in [0.15, 0.2) is 8.32 Å². The van der Waals surface area contributed by atoms with Gasteiger partial charge in [-0.1, -0.05) is 12.2 Å². The Kier molecular flexibility index (Phi) is 4.55. The molecule has 0 N–H and O–H groups in total. The summed E-state index contributed by atoms with van der Waals surface area (Å²) < 4.78 is 6.29. The molecule has 1 unspecified atom stereocenters. The number of allylic oxidation sites excluding steroid dienone is 1. The van der Waals surface area contributed by atoms with Crippen LogP contribution in [0.3, 0.4) is 0 Å². The van der Waals surface area contributed by atoms with Crippen molar-refractivity contribution in [2.45, 2.75) is 50.9 Å².